The highest BCUT2D eigenvalue weighted by molar-refractivity contribution is 5.96. The lowest BCUT2D eigenvalue weighted by Crippen LogP contribution is -2.60. The summed E-state index contributed by atoms with van der Waals surface area (Å²) in [5.74, 6) is -0.127. The van der Waals surface area contributed by atoms with Gasteiger partial charge in [-0.05, 0) is 30.2 Å². The highest BCUT2D eigenvalue weighted by Crippen LogP contribution is 2.22. The van der Waals surface area contributed by atoms with E-state index < -0.39 is 12.1 Å². The quantitative estimate of drug-likeness (QED) is 0.916. The van der Waals surface area contributed by atoms with E-state index in [1.165, 1.54) is 0 Å². The Hall–Kier alpha value is -2.36. The van der Waals surface area contributed by atoms with Crippen molar-refractivity contribution in [3.05, 3.63) is 48.0 Å². The van der Waals surface area contributed by atoms with Crippen molar-refractivity contribution >= 4 is 22.6 Å². The SMILES string of the molecule is CC1NC(=O)C(C)N(Cc2cccc3ccccc23)C1=O. The molecule has 2 unspecified atom stereocenters. The average Bonchev–Trinajstić information content (AvgIpc) is 2.50. The molecule has 1 heterocycles. The van der Waals surface area contributed by atoms with Crippen molar-refractivity contribution in [1.29, 1.82) is 0 Å². The van der Waals surface area contributed by atoms with Gasteiger partial charge in [-0.3, -0.25) is 9.59 Å². The van der Waals surface area contributed by atoms with Gasteiger partial charge in [0.15, 0.2) is 0 Å². The minimum Gasteiger partial charge on any atom is -0.343 e. The number of rotatable bonds is 2. The maximum atomic E-state index is 12.3. The van der Waals surface area contributed by atoms with Crippen LogP contribution in [0.2, 0.25) is 0 Å². The Morgan fingerprint density at radius 3 is 2.57 bits per heavy atom. The van der Waals surface area contributed by atoms with Crippen molar-refractivity contribution in [2.75, 3.05) is 0 Å². The molecule has 4 heteroatoms. The van der Waals surface area contributed by atoms with Crippen LogP contribution in [0, 0.1) is 0 Å². The van der Waals surface area contributed by atoms with Gasteiger partial charge in [-0.25, -0.2) is 0 Å². The molecule has 21 heavy (non-hydrogen) atoms. The molecule has 2 aromatic rings. The molecular weight excluding hydrogens is 264 g/mol. The van der Waals surface area contributed by atoms with Crippen LogP contribution in [-0.2, 0) is 16.1 Å². The fourth-order valence-electron chi connectivity index (χ4n) is 2.81. The van der Waals surface area contributed by atoms with Gasteiger partial charge in [0.1, 0.15) is 12.1 Å². The third kappa shape index (κ3) is 2.37. The first-order valence-electron chi connectivity index (χ1n) is 7.15. The molecule has 108 valence electrons. The fourth-order valence-corrected chi connectivity index (χ4v) is 2.81. The number of hydrogen-bond donors (Lipinski definition) is 1. The molecule has 1 saturated heterocycles. The second-order valence-corrected chi connectivity index (χ2v) is 5.51. The number of nitrogens with zero attached hydrogens (tertiary/aromatic N) is 1. The van der Waals surface area contributed by atoms with E-state index in [1.807, 2.05) is 30.3 Å². The van der Waals surface area contributed by atoms with E-state index >= 15 is 0 Å². The number of fused-ring (bicyclic) bond motifs is 1. The highest BCUT2D eigenvalue weighted by Gasteiger charge is 2.35. The molecule has 1 fully saturated rings. The second-order valence-electron chi connectivity index (χ2n) is 5.51. The molecule has 0 spiro atoms. The Kier molecular flexibility index (Phi) is 3.37. The zero-order chi connectivity index (χ0) is 15.0. The number of amides is 2. The van der Waals surface area contributed by atoms with E-state index in [2.05, 4.69) is 17.4 Å². The fraction of sp³-hybridized carbons (Fsp3) is 0.294. The predicted octanol–water partition coefficient (Wildman–Crippen LogP) is 2.08. The van der Waals surface area contributed by atoms with E-state index in [0.29, 0.717) is 6.54 Å². The molecule has 2 amide bonds. The molecule has 1 aliphatic heterocycles. The Labute approximate surface area is 123 Å². The Morgan fingerprint density at radius 1 is 1.05 bits per heavy atom. The zero-order valence-corrected chi connectivity index (χ0v) is 12.2. The lowest BCUT2D eigenvalue weighted by atomic mass is 10.0. The van der Waals surface area contributed by atoms with Crippen LogP contribution < -0.4 is 5.32 Å². The van der Waals surface area contributed by atoms with Crippen molar-refractivity contribution in [1.82, 2.24) is 10.2 Å². The number of carbonyl (C=O) groups excluding carboxylic acids is 2. The van der Waals surface area contributed by atoms with Crippen LogP contribution in [0.3, 0.4) is 0 Å². The maximum Gasteiger partial charge on any atom is 0.245 e. The van der Waals surface area contributed by atoms with Crippen molar-refractivity contribution in [2.24, 2.45) is 0 Å². The third-order valence-electron chi connectivity index (χ3n) is 4.08. The van der Waals surface area contributed by atoms with Gasteiger partial charge < -0.3 is 10.2 Å². The molecule has 0 aliphatic carbocycles. The topological polar surface area (TPSA) is 49.4 Å². The average molecular weight is 282 g/mol. The van der Waals surface area contributed by atoms with Crippen LogP contribution in [0.5, 0.6) is 0 Å². The molecule has 1 N–H and O–H groups in total. The van der Waals surface area contributed by atoms with Crippen LogP contribution >= 0.6 is 0 Å². The van der Waals surface area contributed by atoms with Gasteiger partial charge in [0.25, 0.3) is 0 Å². The summed E-state index contributed by atoms with van der Waals surface area (Å²) in [5, 5.41) is 4.97. The second kappa shape index (κ2) is 5.20. The molecule has 4 nitrogen and oxygen atoms in total. The molecule has 1 aliphatic rings. The molecule has 0 aromatic heterocycles. The summed E-state index contributed by atoms with van der Waals surface area (Å²) in [6.45, 7) is 3.95. The van der Waals surface area contributed by atoms with Crippen LogP contribution in [-0.4, -0.2) is 28.8 Å². The van der Waals surface area contributed by atoms with E-state index in [1.54, 1.807) is 18.7 Å². The molecule has 2 atom stereocenters. The first kappa shape index (κ1) is 13.6. The molecule has 0 bridgehead atoms. The van der Waals surface area contributed by atoms with Crippen LogP contribution in [0.4, 0.5) is 0 Å². The zero-order valence-electron chi connectivity index (χ0n) is 12.2. The smallest absolute Gasteiger partial charge is 0.245 e. The van der Waals surface area contributed by atoms with E-state index in [0.717, 1.165) is 16.3 Å². The summed E-state index contributed by atoms with van der Waals surface area (Å²) < 4.78 is 0. The largest absolute Gasteiger partial charge is 0.343 e. The first-order chi connectivity index (χ1) is 10.1. The Balaban J connectivity index is 1.97. The Morgan fingerprint density at radius 2 is 1.76 bits per heavy atom. The predicted molar refractivity (Wildman–Crippen MR) is 81.6 cm³/mol. The maximum absolute atomic E-state index is 12.3. The first-order valence-corrected chi connectivity index (χ1v) is 7.15. The van der Waals surface area contributed by atoms with Crippen molar-refractivity contribution in [2.45, 2.75) is 32.5 Å². The van der Waals surface area contributed by atoms with Gasteiger partial charge in [-0.15, -0.1) is 0 Å². The number of carbonyl (C=O) groups is 2. The molecule has 0 saturated carbocycles. The third-order valence-corrected chi connectivity index (χ3v) is 4.08. The summed E-state index contributed by atoms with van der Waals surface area (Å²) in [6.07, 6.45) is 0. The number of benzene rings is 2. The van der Waals surface area contributed by atoms with Gasteiger partial charge >= 0.3 is 0 Å². The minimum atomic E-state index is -0.455. The van der Waals surface area contributed by atoms with Crippen LogP contribution in [0.25, 0.3) is 10.8 Å². The van der Waals surface area contributed by atoms with Crippen molar-refractivity contribution in [3.8, 4) is 0 Å². The van der Waals surface area contributed by atoms with E-state index in [-0.39, 0.29) is 11.8 Å². The van der Waals surface area contributed by atoms with Crippen LogP contribution in [0.1, 0.15) is 19.4 Å². The molecule has 3 rings (SSSR count). The number of hydrogen-bond acceptors (Lipinski definition) is 2. The van der Waals surface area contributed by atoms with Gasteiger partial charge in [-0.1, -0.05) is 42.5 Å². The van der Waals surface area contributed by atoms with Crippen molar-refractivity contribution < 1.29 is 9.59 Å². The summed E-state index contributed by atoms with van der Waals surface area (Å²) in [7, 11) is 0. The van der Waals surface area contributed by atoms with E-state index in [4.69, 9.17) is 0 Å². The van der Waals surface area contributed by atoms with Crippen LogP contribution in [0.15, 0.2) is 42.5 Å². The summed E-state index contributed by atoms with van der Waals surface area (Å²) in [4.78, 5) is 25.9. The lowest BCUT2D eigenvalue weighted by Gasteiger charge is -2.36. The number of nitrogens with one attached hydrogen (secondary N) is 1. The monoisotopic (exact) mass is 282 g/mol. The highest BCUT2D eigenvalue weighted by atomic mass is 16.2. The molecular formula is C17H18N2O2. The van der Waals surface area contributed by atoms with E-state index in [9.17, 15) is 9.59 Å². The van der Waals surface area contributed by atoms with Crippen molar-refractivity contribution in [3.63, 3.8) is 0 Å². The standard InChI is InChI=1S/C17H18N2O2/c1-11-17(21)19(12(2)16(20)18-11)10-14-8-5-7-13-6-3-4-9-15(13)14/h3-9,11-12H,10H2,1-2H3,(H,18,20). The van der Waals surface area contributed by atoms with Gasteiger partial charge in [-0.2, -0.15) is 0 Å². The Bertz CT molecular complexity index is 706. The lowest BCUT2D eigenvalue weighted by molar-refractivity contribution is -0.148. The van der Waals surface area contributed by atoms with Gasteiger partial charge in [0.2, 0.25) is 11.8 Å². The van der Waals surface area contributed by atoms with Gasteiger partial charge in [0.05, 0.1) is 0 Å². The molecule has 0 radical (unpaired) electrons. The molecule has 2 aromatic carbocycles. The summed E-state index contributed by atoms with van der Waals surface area (Å²) in [6, 6.07) is 13.2. The minimum absolute atomic E-state index is 0.0324. The number of piperazine rings is 1. The summed E-state index contributed by atoms with van der Waals surface area (Å²) in [5.41, 5.74) is 1.07. The van der Waals surface area contributed by atoms with Gasteiger partial charge in [0, 0.05) is 6.54 Å². The summed E-state index contributed by atoms with van der Waals surface area (Å²) >= 11 is 0. The normalized spacial score (nSPS) is 22.5.